The van der Waals surface area contributed by atoms with Gasteiger partial charge in [-0.2, -0.15) is 0 Å². The number of aromatic nitrogens is 1. The van der Waals surface area contributed by atoms with Crippen molar-refractivity contribution < 1.29 is 4.79 Å². The van der Waals surface area contributed by atoms with Crippen LogP contribution in [-0.4, -0.2) is 10.4 Å². The summed E-state index contributed by atoms with van der Waals surface area (Å²) in [5.74, 6) is 0.163. The minimum Gasteiger partial charge on any atom is -0.344 e. The van der Waals surface area contributed by atoms with E-state index in [0.29, 0.717) is 6.42 Å². The van der Waals surface area contributed by atoms with Crippen LogP contribution in [0.1, 0.15) is 35.1 Å². The molecule has 3 heteroatoms. The Morgan fingerprint density at radius 2 is 1.79 bits per heavy atom. The Morgan fingerprint density at radius 3 is 2.32 bits per heavy atom. The molecule has 0 atom stereocenters. The number of halogens is 1. The van der Waals surface area contributed by atoms with E-state index in [4.69, 9.17) is 0 Å². The fraction of sp³-hybridized carbons (Fsp3) is 0.312. The highest BCUT2D eigenvalue weighted by atomic mass is 79.9. The highest BCUT2D eigenvalue weighted by Crippen LogP contribution is 2.36. The van der Waals surface area contributed by atoms with E-state index in [9.17, 15) is 4.79 Å². The molecule has 0 N–H and O–H groups in total. The van der Waals surface area contributed by atoms with Crippen molar-refractivity contribution in [2.45, 2.75) is 27.2 Å². The zero-order valence-corrected chi connectivity index (χ0v) is 13.3. The first-order valence-corrected chi connectivity index (χ1v) is 7.21. The molecule has 2 nitrogen and oxygen atoms in total. The third kappa shape index (κ3) is 2.39. The highest BCUT2D eigenvalue weighted by Gasteiger charge is 2.21. The first-order valence-electron chi connectivity index (χ1n) is 6.42. The molecule has 1 aromatic heterocycles. The Bertz CT molecular complexity index is 623. The number of benzene rings is 1. The van der Waals surface area contributed by atoms with E-state index < -0.39 is 0 Å². The lowest BCUT2D eigenvalue weighted by molar-refractivity contribution is 0.0979. The second kappa shape index (κ2) is 5.33. The predicted octanol–water partition coefficient (Wildman–Crippen LogP) is 4.66. The molecule has 0 spiro atoms. The fourth-order valence-electron chi connectivity index (χ4n) is 2.29. The maximum absolute atomic E-state index is 12.1. The molecule has 0 unspecified atom stereocenters. The van der Waals surface area contributed by atoms with Crippen LogP contribution in [0, 0.1) is 13.8 Å². The molecule has 0 fully saturated rings. The molecule has 0 aliphatic heterocycles. The van der Waals surface area contributed by atoms with Crippen molar-refractivity contribution in [3.63, 3.8) is 0 Å². The second-order valence-electron chi connectivity index (χ2n) is 4.82. The normalized spacial score (nSPS) is 10.8. The van der Waals surface area contributed by atoms with Crippen LogP contribution in [0.2, 0.25) is 0 Å². The van der Waals surface area contributed by atoms with Crippen molar-refractivity contribution in [3.8, 4) is 11.1 Å². The quantitative estimate of drug-likeness (QED) is 0.754. The Balaban J connectivity index is 2.65. The molecule has 1 heterocycles. The van der Waals surface area contributed by atoms with Gasteiger partial charge in [0.05, 0.1) is 10.2 Å². The van der Waals surface area contributed by atoms with Gasteiger partial charge in [0.1, 0.15) is 0 Å². The van der Waals surface area contributed by atoms with Crippen LogP contribution >= 0.6 is 15.9 Å². The van der Waals surface area contributed by atoms with Gasteiger partial charge in [-0.25, -0.2) is 0 Å². The number of aryl methyl sites for hydroxylation is 1. The van der Waals surface area contributed by atoms with Crippen LogP contribution in [0.15, 0.2) is 28.7 Å². The van der Waals surface area contributed by atoms with E-state index >= 15 is 0 Å². The maximum Gasteiger partial charge on any atom is 0.180 e. The fourth-order valence-corrected chi connectivity index (χ4v) is 3.30. The number of rotatable bonds is 3. The number of ketones is 1. The van der Waals surface area contributed by atoms with Crippen molar-refractivity contribution in [2.24, 2.45) is 7.05 Å². The number of nitrogens with zero attached hydrogens (tertiary/aromatic N) is 1. The summed E-state index contributed by atoms with van der Waals surface area (Å²) >= 11 is 3.61. The predicted molar refractivity (Wildman–Crippen MR) is 82.6 cm³/mol. The summed E-state index contributed by atoms with van der Waals surface area (Å²) in [6.07, 6.45) is 0.517. The molecule has 2 rings (SSSR count). The number of carbonyl (C=O) groups excluding carboxylic acids is 1. The van der Waals surface area contributed by atoms with Gasteiger partial charge in [-0.15, -0.1) is 0 Å². The molecule has 0 aliphatic carbocycles. The summed E-state index contributed by atoms with van der Waals surface area (Å²) < 4.78 is 2.88. The summed E-state index contributed by atoms with van der Waals surface area (Å²) in [6.45, 7) is 6.01. The molecule has 0 bridgehead atoms. The van der Waals surface area contributed by atoms with Crippen molar-refractivity contribution in [1.29, 1.82) is 0 Å². The molecule has 1 aromatic carbocycles. The van der Waals surface area contributed by atoms with Crippen LogP contribution in [0.3, 0.4) is 0 Å². The molecule has 100 valence electrons. The maximum atomic E-state index is 12.1. The highest BCUT2D eigenvalue weighted by molar-refractivity contribution is 9.10. The summed E-state index contributed by atoms with van der Waals surface area (Å²) in [5, 5.41) is 0. The summed E-state index contributed by atoms with van der Waals surface area (Å²) in [6, 6.07) is 8.39. The number of carbonyl (C=O) groups is 1. The second-order valence-corrected chi connectivity index (χ2v) is 5.62. The first-order chi connectivity index (χ1) is 8.97. The average molecular weight is 320 g/mol. The molecule has 0 amide bonds. The topological polar surface area (TPSA) is 22.0 Å². The van der Waals surface area contributed by atoms with Crippen molar-refractivity contribution in [3.05, 3.63) is 45.7 Å². The van der Waals surface area contributed by atoms with E-state index in [1.54, 1.807) is 0 Å². The Hall–Kier alpha value is -1.35. The molecule has 0 aliphatic rings. The lowest BCUT2D eigenvalue weighted by Gasteiger charge is -2.03. The molecular formula is C16H18BrNO. The Morgan fingerprint density at radius 1 is 1.21 bits per heavy atom. The molecule has 0 saturated heterocycles. The van der Waals surface area contributed by atoms with Crippen molar-refractivity contribution in [1.82, 2.24) is 4.57 Å². The van der Waals surface area contributed by atoms with Gasteiger partial charge < -0.3 is 4.57 Å². The van der Waals surface area contributed by atoms with Gasteiger partial charge in [-0.05, 0) is 35.3 Å². The van der Waals surface area contributed by atoms with E-state index in [2.05, 4.69) is 47.1 Å². The van der Waals surface area contributed by atoms with Gasteiger partial charge in [0.25, 0.3) is 0 Å². The third-order valence-corrected chi connectivity index (χ3v) is 4.33. The van der Waals surface area contributed by atoms with Gasteiger partial charge in [0, 0.05) is 24.7 Å². The van der Waals surface area contributed by atoms with E-state index in [-0.39, 0.29) is 5.78 Å². The lowest BCUT2D eigenvalue weighted by atomic mass is 10.0. The molecule has 2 aromatic rings. The van der Waals surface area contributed by atoms with E-state index in [0.717, 1.165) is 27.0 Å². The van der Waals surface area contributed by atoms with Crippen LogP contribution in [-0.2, 0) is 7.05 Å². The Kier molecular flexibility index (Phi) is 3.95. The molecule has 0 saturated carbocycles. The van der Waals surface area contributed by atoms with Crippen LogP contribution < -0.4 is 0 Å². The summed E-state index contributed by atoms with van der Waals surface area (Å²) in [5.41, 5.74) is 5.35. The first kappa shape index (κ1) is 14.1. The minimum absolute atomic E-state index is 0.163. The SMILES string of the molecule is CCC(=O)c1c(Br)c(-c2ccc(C)cc2)c(C)n1C. The summed E-state index contributed by atoms with van der Waals surface area (Å²) in [7, 11) is 1.95. The van der Waals surface area contributed by atoms with Crippen LogP contribution in [0.4, 0.5) is 0 Å². The number of hydrogen-bond donors (Lipinski definition) is 0. The van der Waals surface area contributed by atoms with Gasteiger partial charge in [-0.1, -0.05) is 36.8 Å². The van der Waals surface area contributed by atoms with Gasteiger partial charge in [0.15, 0.2) is 5.78 Å². The number of Topliss-reactive ketones (excluding diaryl/α,β-unsaturated/α-hetero) is 1. The Labute approximate surface area is 122 Å². The summed E-state index contributed by atoms with van der Waals surface area (Å²) in [4.78, 5) is 12.1. The molecule has 19 heavy (non-hydrogen) atoms. The van der Waals surface area contributed by atoms with Gasteiger partial charge in [0.2, 0.25) is 0 Å². The zero-order chi connectivity index (χ0) is 14.2. The zero-order valence-electron chi connectivity index (χ0n) is 11.7. The van der Waals surface area contributed by atoms with E-state index in [1.165, 1.54) is 5.56 Å². The number of hydrogen-bond acceptors (Lipinski definition) is 1. The minimum atomic E-state index is 0.163. The monoisotopic (exact) mass is 319 g/mol. The molecule has 0 radical (unpaired) electrons. The van der Waals surface area contributed by atoms with Crippen LogP contribution in [0.5, 0.6) is 0 Å². The van der Waals surface area contributed by atoms with Gasteiger partial charge in [-0.3, -0.25) is 4.79 Å². The average Bonchev–Trinajstić information content (AvgIpc) is 2.61. The van der Waals surface area contributed by atoms with Crippen molar-refractivity contribution in [2.75, 3.05) is 0 Å². The van der Waals surface area contributed by atoms with Crippen LogP contribution in [0.25, 0.3) is 11.1 Å². The molecular weight excluding hydrogens is 302 g/mol. The smallest absolute Gasteiger partial charge is 0.180 e. The van der Waals surface area contributed by atoms with Gasteiger partial charge >= 0.3 is 0 Å². The third-order valence-electron chi connectivity index (χ3n) is 3.55. The largest absolute Gasteiger partial charge is 0.344 e. The van der Waals surface area contributed by atoms with E-state index in [1.807, 2.05) is 25.5 Å². The lowest BCUT2D eigenvalue weighted by Crippen LogP contribution is -2.05. The standard InChI is InChI=1S/C16H18BrNO/c1-5-13(19)16-15(17)14(11(3)18(16)4)12-8-6-10(2)7-9-12/h6-9H,5H2,1-4H3. The van der Waals surface area contributed by atoms with Crippen molar-refractivity contribution >= 4 is 21.7 Å².